The average Bonchev–Trinajstić information content (AvgIpc) is 2.27. The number of ether oxygens (including phenoxy) is 1. The van der Waals surface area contributed by atoms with Crippen molar-refractivity contribution < 1.29 is 9.15 Å². The van der Waals surface area contributed by atoms with Gasteiger partial charge in [0.15, 0.2) is 0 Å². The highest BCUT2D eigenvalue weighted by Crippen LogP contribution is 2.29. The summed E-state index contributed by atoms with van der Waals surface area (Å²) in [5.41, 5.74) is 7.45. The van der Waals surface area contributed by atoms with Gasteiger partial charge in [-0.05, 0) is 25.0 Å². The van der Waals surface area contributed by atoms with Crippen LogP contribution in [0.3, 0.4) is 0 Å². The summed E-state index contributed by atoms with van der Waals surface area (Å²) in [5, 5.41) is 0.839. The van der Waals surface area contributed by atoms with Gasteiger partial charge in [0.2, 0.25) is 0 Å². The van der Waals surface area contributed by atoms with Gasteiger partial charge in [-0.15, -0.1) is 0 Å². The van der Waals surface area contributed by atoms with Gasteiger partial charge in [0, 0.05) is 17.5 Å². The third-order valence-electron chi connectivity index (χ3n) is 2.54. The highest BCUT2D eigenvalue weighted by atomic mass is 16.5. The number of aryl methyl sites for hydroxylation is 1. The van der Waals surface area contributed by atoms with Crippen molar-refractivity contribution in [2.24, 2.45) is 0 Å². The second-order valence-corrected chi connectivity index (χ2v) is 3.98. The Bertz CT molecular complexity index is 601. The molecule has 1 heterocycles. The van der Waals surface area contributed by atoms with Crippen LogP contribution in [0.1, 0.15) is 18.9 Å². The molecule has 0 atom stereocenters. The molecule has 0 bridgehead atoms. The Kier molecular flexibility index (Phi) is 3.04. The van der Waals surface area contributed by atoms with Gasteiger partial charge in [0.25, 0.3) is 0 Å². The molecule has 0 unspecified atom stereocenters. The summed E-state index contributed by atoms with van der Waals surface area (Å²) in [6.07, 6.45) is 0.898. The lowest BCUT2D eigenvalue weighted by Gasteiger charge is -2.09. The van der Waals surface area contributed by atoms with Crippen molar-refractivity contribution in [2.75, 3.05) is 12.3 Å². The van der Waals surface area contributed by atoms with Crippen LogP contribution in [-0.2, 0) is 0 Å². The van der Waals surface area contributed by atoms with Crippen molar-refractivity contribution in [1.82, 2.24) is 0 Å². The van der Waals surface area contributed by atoms with Crippen LogP contribution in [0.15, 0.2) is 27.4 Å². The molecular formula is C13H15NO3. The van der Waals surface area contributed by atoms with E-state index in [1.54, 1.807) is 12.1 Å². The summed E-state index contributed by atoms with van der Waals surface area (Å²) < 4.78 is 10.6. The fourth-order valence-corrected chi connectivity index (χ4v) is 1.70. The normalized spacial score (nSPS) is 10.7. The molecule has 0 aliphatic heterocycles. The van der Waals surface area contributed by atoms with Crippen molar-refractivity contribution in [3.63, 3.8) is 0 Å². The monoisotopic (exact) mass is 233 g/mol. The Labute approximate surface area is 99.0 Å². The highest BCUT2D eigenvalue weighted by Gasteiger charge is 2.08. The largest absolute Gasteiger partial charge is 0.491 e. The Morgan fingerprint density at radius 3 is 2.82 bits per heavy atom. The quantitative estimate of drug-likeness (QED) is 0.653. The fourth-order valence-electron chi connectivity index (χ4n) is 1.70. The van der Waals surface area contributed by atoms with Gasteiger partial charge in [-0.1, -0.05) is 6.92 Å². The van der Waals surface area contributed by atoms with Crippen LogP contribution in [0, 0.1) is 6.92 Å². The first-order valence-electron chi connectivity index (χ1n) is 5.58. The zero-order valence-electron chi connectivity index (χ0n) is 9.95. The van der Waals surface area contributed by atoms with Crippen LogP contribution in [0.25, 0.3) is 11.0 Å². The standard InChI is InChI=1S/C13H15NO3/c1-3-4-16-12-7-11-9(6-10(12)14)8(2)5-13(15)17-11/h5-7H,3-4,14H2,1-2H3. The summed E-state index contributed by atoms with van der Waals surface area (Å²) in [6.45, 7) is 4.46. The predicted octanol–water partition coefficient (Wildman–Crippen LogP) is 2.47. The summed E-state index contributed by atoms with van der Waals surface area (Å²) >= 11 is 0. The molecule has 2 N–H and O–H groups in total. The maximum atomic E-state index is 11.3. The Morgan fingerprint density at radius 2 is 2.12 bits per heavy atom. The Hall–Kier alpha value is -1.97. The third-order valence-corrected chi connectivity index (χ3v) is 2.54. The number of hydrogen-bond donors (Lipinski definition) is 1. The molecule has 0 spiro atoms. The van der Waals surface area contributed by atoms with Gasteiger partial charge in [0.1, 0.15) is 11.3 Å². The van der Waals surface area contributed by atoms with E-state index in [0.29, 0.717) is 23.6 Å². The number of benzene rings is 1. The molecular weight excluding hydrogens is 218 g/mol. The third kappa shape index (κ3) is 2.25. The lowest BCUT2D eigenvalue weighted by Crippen LogP contribution is -2.02. The van der Waals surface area contributed by atoms with E-state index in [4.69, 9.17) is 14.9 Å². The zero-order valence-corrected chi connectivity index (χ0v) is 9.95. The average molecular weight is 233 g/mol. The molecule has 17 heavy (non-hydrogen) atoms. The van der Waals surface area contributed by atoms with E-state index < -0.39 is 0 Å². The molecule has 4 nitrogen and oxygen atoms in total. The minimum absolute atomic E-state index is 0.360. The molecule has 4 heteroatoms. The molecule has 0 amide bonds. The predicted molar refractivity (Wildman–Crippen MR) is 67.4 cm³/mol. The van der Waals surface area contributed by atoms with E-state index in [1.807, 2.05) is 13.8 Å². The Balaban J connectivity index is 2.59. The van der Waals surface area contributed by atoms with E-state index in [2.05, 4.69) is 0 Å². The van der Waals surface area contributed by atoms with Crippen LogP contribution >= 0.6 is 0 Å². The highest BCUT2D eigenvalue weighted by molar-refractivity contribution is 5.86. The zero-order chi connectivity index (χ0) is 12.4. The lowest BCUT2D eigenvalue weighted by atomic mass is 10.1. The van der Waals surface area contributed by atoms with Crippen molar-refractivity contribution in [3.05, 3.63) is 34.2 Å². The molecule has 1 aromatic carbocycles. The van der Waals surface area contributed by atoms with Crippen molar-refractivity contribution in [1.29, 1.82) is 0 Å². The minimum atomic E-state index is -0.360. The van der Waals surface area contributed by atoms with Gasteiger partial charge >= 0.3 is 5.63 Å². The number of anilines is 1. The van der Waals surface area contributed by atoms with E-state index >= 15 is 0 Å². The topological polar surface area (TPSA) is 65.5 Å². The van der Waals surface area contributed by atoms with Crippen LogP contribution in [0.5, 0.6) is 5.75 Å². The van der Waals surface area contributed by atoms with Crippen molar-refractivity contribution >= 4 is 16.7 Å². The first-order valence-corrected chi connectivity index (χ1v) is 5.58. The lowest BCUT2D eigenvalue weighted by molar-refractivity contribution is 0.319. The molecule has 2 aromatic rings. The molecule has 1 aromatic heterocycles. The maximum Gasteiger partial charge on any atom is 0.336 e. The van der Waals surface area contributed by atoms with E-state index in [0.717, 1.165) is 17.4 Å². The Morgan fingerprint density at radius 1 is 1.35 bits per heavy atom. The number of nitrogens with two attached hydrogens (primary N) is 1. The van der Waals surface area contributed by atoms with Gasteiger partial charge < -0.3 is 14.9 Å². The first-order chi connectivity index (χ1) is 8.11. The maximum absolute atomic E-state index is 11.3. The van der Waals surface area contributed by atoms with Gasteiger partial charge in [-0.2, -0.15) is 0 Å². The van der Waals surface area contributed by atoms with E-state index in [-0.39, 0.29) is 5.63 Å². The summed E-state index contributed by atoms with van der Waals surface area (Å²) in [4.78, 5) is 11.3. The second-order valence-electron chi connectivity index (χ2n) is 3.98. The smallest absolute Gasteiger partial charge is 0.336 e. The van der Waals surface area contributed by atoms with Gasteiger partial charge in [-0.25, -0.2) is 4.79 Å². The number of fused-ring (bicyclic) bond motifs is 1. The van der Waals surface area contributed by atoms with Crippen LogP contribution in [-0.4, -0.2) is 6.61 Å². The summed E-state index contributed by atoms with van der Waals surface area (Å²) in [7, 11) is 0. The molecule has 2 rings (SSSR count). The summed E-state index contributed by atoms with van der Waals surface area (Å²) in [6, 6.07) is 4.90. The molecule has 90 valence electrons. The number of rotatable bonds is 3. The summed E-state index contributed by atoms with van der Waals surface area (Å²) in [5.74, 6) is 0.563. The second kappa shape index (κ2) is 4.49. The SMILES string of the molecule is CCCOc1cc2oc(=O)cc(C)c2cc1N. The number of hydrogen-bond acceptors (Lipinski definition) is 4. The molecule has 0 fully saturated rings. The van der Waals surface area contributed by atoms with Crippen molar-refractivity contribution in [2.45, 2.75) is 20.3 Å². The van der Waals surface area contributed by atoms with Crippen LogP contribution in [0.4, 0.5) is 5.69 Å². The molecule has 0 saturated heterocycles. The van der Waals surface area contributed by atoms with Gasteiger partial charge in [-0.3, -0.25) is 0 Å². The molecule has 0 radical (unpaired) electrons. The molecule has 0 aliphatic carbocycles. The fraction of sp³-hybridized carbons (Fsp3) is 0.308. The van der Waals surface area contributed by atoms with Gasteiger partial charge in [0.05, 0.1) is 12.3 Å². The van der Waals surface area contributed by atoms with Crippen molar-refractivity contribution in [3.8, 4) is 5.75 Å². The van der Waals surface area contributed by atoms with E-state index in [1.165, 1.54) is 6.07 Å². The first kappa shape index (κ1) is 11.5. The number of nitrogen functional groups attached to an aromatic ring is 1. The van der Waals surface area contributed by atoms with Crippen LogP contribution < -0.4 is 16.1 Å². The molecule has 0 saturated carbocycles. The van der Waals surface area contributed by atoms with Crippen LogP contribution in [0.2, 0.25) is 0 Å². The molecule has 0 aliphatic rings. The minimum Gasteiger partial charge on any atom is -0.491 e. The van der Waals surface area contributed by atoms with E-state index in [9.17, 15) is 4.79 Å².